The second-order valence-corrected chi connectivity index (χ2v) is 7.38. The molecule has 0 N–H and O–H groups in total. The van der Waals surface area contributed by atoms with Gasteiger partial charge in [-0.05, 0) is 0 Å². The molecule has 2 aromatic rings. The molecule has 0 bridgehead atoms. The number of methoxy groups -OCH3 is 1. The van der Waals surface area contributed by atoms with Crippen LogP contribution in [0.4, 0.5) is 10.9 Å². The molecule has 0 aliphatic carbocycles. The van der Waals surface area contributed by atoms with Crippen LogP contribution in [-0.2, 0) is 21.3 Å². The van der Waals surface area contributed by atoms with E-state index in [2.05, 4.69) is 26.8 Å². The zero-order chi connectivity index (χ0) is 15.0. The molecule has 0 fully saturated rings. The maximum atomic E-state index is 11.7. The summed E-state index contributed by atoms with van der Waals surface area (Å²) in [4.78, 5) is 15.1. The minimum Gasteiger partial charge on any atom is -0.609 e. The summed E-state index contributed by atoms with van der Waals surface area (Å²) in [5.41, 5.74) is 0.803. The van der Waals surface area contributed by atoms with Crippen LogP contribution in [0.25, 0.3) is 0 Å². The van der Waals surface area contributed by atoms with Gasteiger partial charge in [0.2, 0.25) is 0 Å². The van der Waals surface area contributed by atoms with Crippen molar-refractivity contribution in [1.29, 1.82) is 0 Å². The largest absolute Gasteiger partial charge is 0.609 e. The fourth-order valence-electron chi connectivity index (χ4n) is 2.59. The first-order chi connectivity index (χ1) is 10.0. The van der Waals surface area contributed by atoms with Gasteiger partial charge in [-0.25, -0.2) is 4.98 Å². The molecule has 1 aliphatic heterocycles. The summed E-state index contributed by atoms with van der Waals surface area (Å²) < 4.78 is 17.0. The zero-order valence-electron chi connectivity index (χ0n) is 12.1. The number of aromatic nitrogens is 3. The van der Waals surface area contributed by atoms with Crippen molar-refractivity contribution in [2.75, 3.05) is 31.4 Å². The van der Waals surface area contributed by atoms with Crippen LogP contribution in [0.2, 0.25) is 0 Å². The Bertz CT molecular complexity index is 635. The van der Waals surface area contributed by atoms with Gasteiger partial charge in [0, 0.05) is 53.6 Å². The van der Waals surface area contributed by atoms with Crippen LogP contribution in [0.5, 0.6) is 0 Å². The molecule has 8 heteroatoms. The summed E-state index contributed by atoms with van der Waals surface area (Å²) >= 11 is 0.346. The van der Waals surface area contributed by atoms with E-state index >= 15 is 0 Å². The third-order valence-electron chi connectivity index (χ3n) is 3.53. The first-order valence-electron chi connectivity index (χ1n) is 6.42. The summed E-state index contributed by atoms with van der Waals surface area (Å²) in [7, 11) is 1.69. The van der Waals surface area contributed by atoms with E-state index < -0.39 is 11.2 Å². The predicted octanol–water partition coefficient (Wildman–Crippen LogP) is 1.73. The molecule has 0 amide bonds. The normalized spacial score (nSPS) is 22.4. The number of rotatable bonds is 4. The quantitative estimate of drug-likeness (QED) is 0.630. The maximum absolute atomic E-state index is 11.7. The first-order valence-corrected chi connectivity index (χ1v) is 8.86. The minimum absolute atomic E-state index is 0.205. The van der Waals surface area contributed by atoms with Crippen LogP contribution >= 0.6 is 11.3 Å². The van der Waals surface area contributed by atoms with Gasteiger partial charge in [-0.1, -0.05) is 6.92 Å². The lowest BCUT2D eigenvalue weighted by atomic mass is 9.87. The van der Waals surface area contributed by atoms with Crippen LogP contribution < -0.4 is 4.90 Å². The number of thiazole rings is 1. The van der Waals surface area contributed by atoms with Gasteiger partial charge in [0.15, 0.2) is 5.13 Å². The molecule has 6 nitrogen and oxygen atoms in total. The number of anilines is 2. The number of nitrogens with zero attached hydrogens (tertiary/aromatic N) is 4. The summed E-state index contributed by atoms with van der Waals surface area (Å²) in [5.74, 6) is 0.782. The molecule has 0 aromatic carbocycles. The van der Waals surface area contributed by atoms with Crippen molar-refractivity contribution in [3.63, 3.8) is 0 Å². The average molecular weight is 324 g/mol. The molecule has 2 aromatic heterocycles. The molecular weight excluding hydrogens is 308 g/mol. The minimum atomic E-state index is -1.21. The van der Waals surface area contributed by atoms with E-state index in [1.807, 2.05) is 5.38 Å². The molecule has 0 saturated heterocycles. The highest BCUT2D eigenvalue weighted by Gasteiger charge is 2.42. The summed E-state index contributed by atoms with van der Waals surface area (Å²) in [6.45, 7) is 3.41. The van der Waals surface area contributed by atoms with E-state index in [-0.39, 0.29) is 5.41 Å². The van der Waals surface area contributed by atoms with Crippen molar-refractivity contribution >= 4 is 33.5 Å². The van der Waals surface area contributed by atoms with Gasteiger partial charge >= 0.3 is 5.16 Å². The molecule has 112 valence electrons. The molecule has 3 heterocycles. The van der Waals surface area contributed by atoms with Gasteiger partial charge < -0.3 is 14.2 Å². The Labute approximate surface area is 130 Å². The van der Waals surface area contributed by atoms with Crippen LogP contribution in [0.15, 0.2) is 22.9 Å². The standard InChI is InChI=1S/C13H16N4O2S2/c1-13(8-19-2)7-17(12-14-4-5-20-12)10-9(13)6-15-11(16-10)21(3)18/h4-6H,7-8H2,1-3H3. The van der Waals surface area contributed by atoms with Gasteiger partial charge in [-0.3, -0.25) is 0 Å². The van der Waals surface area contributed by atoms with E-state index in [0.717, 1.165) is 23.1 Å². The lowest BCUT2D eigenvalue weighted by molar-refractivity contribution is 0.145. The summed E-state index contributed by atoms with van der Waals surface area (Å²) in [6.07, 6.45) is 5.12. The highest BCUT2D eigenvalue weighted by atomic mass is 32.2. The fraction of sp³-hybridized carbons (Fsp3) is 0.462. The molecule has 3 rings (SSSR count). The third-order valence-corrected chi connectivity index (χ3v) is 5.04. The number of hydrogen-bond acceptors (Lipinski definition) is 7. The van der Waals surface area contributed by atoms with Crippen molar-refractivity contribution in [2.45, 2.75) is 17.5 Å². The maximum Gasteiger partial charge on any atom is 0.344 e. The second kappa shape index (κ2) is 5.53. The Kier molecular flexibility index (Phi) is 3.87. The van der Waals surface area contributed by atoms with E-state index in [1.165, 1.54) is 0 Å². The topological polar surface area (TPSA) is 74.2 Å². The Morgan fingerprint density at radius 1 is 1.52 bits per heavy atom. The first kappa shape index (κ1) is 14.7. The third kappa shape index (κ3) is 2.52. The molecule has 21 heavy (non-hydrogen) atoms. The smallest absolute Gasteiger partial charge is 0.344 e. The zero-order valence-corrected chi connectivity index (χ0v) is 13.7. The van der Waals surface area contributed by atoms with Crippen molar-refractivity contribution in [2.24, 2.45) is 0 Å². The Morgan fingerprint density at radius 2 is 2.33 bits per heavy atom. The Hall–Kier alpha value is -1.22. The Morgan fingerprint density at radius 3 is 2.95 bits per heavy atom. The number of ether oxygens (including phenoxy) is 1. The summed E-state index contributed by atoms with van der Waals surface area (Å²) in [6, 6.07) is 0. The lowest BCUT2D eigenvalue weighted by Gasteiger charge is -2.23. The van der Waals surface area contributed by atoms with Crippen molar-refractivity contribution < 1.29 is 9.29 Å². The van der Waals surface area contributed by atoms with Crippen molar-refractivity contribution in [3.05, 3.63) is 23.3 Å². The van der Waals surface area contributed by atoms with E-state index in [4.69, 9.17) is 4.74 Å². The Balaban J connectivity index is 2.10. The highest BCUT2D eigenvalue weighted by molar-refractivity contribution is 7.90. The predicted molar refractivity (Wildman–Crippen MR) is 82.7 cm³/mol. The van der Waals surface area contributed by atoms with Gasteiger partial charge in [-0.2, -0.15) is 9.97 Å². The van der Waals surface area contributed by atoms with Crippen molar-refractivity contribution in [3.8, 4) is 0 Å². The monoisotopic (exact) mass is 324 g/mol. The molecule has 0 spiro atoms. The van der Waals surface area contributed by atoms with Gasteiger partial charge in [0.05, 0.1) is 6.61 Å². The SMILES string of the molecule is COCC1(C)CN(c2nccs2)c2nc([S+](C)[O-])ncc21. The number of fused-ring (bicyclic) bond motifs is 1. The second-order valence-electron chi connectivity index (χ2n) is 5.24. The van der Waals surface area contributed by atoms with Gasteiger partial charge in [-0.15, -0.1) is 11.3 Å². The van der Waals surface area contributed by atoms with Crippen molar-refractivity contribution in [1.82, 2.24) is 15.0 Å². The summed E-state index contributed by atoms with van der Waals surface area (Å²) in [5, 5.41) is 3.15. The number of hydrogen-bond donors (Lipinski definition) is 0. The van der Waals surface area contributed by atoms with Crippen LogP contribution in [0.1, 0.15) is 12.5 Å². The van der Waals surface area contributed by atoms with E-state index in [0.29, 0.717) is 11.8 Å². The molecule has 0 saturated carbocycles. The highest BCUT2D eigenvalue weighted by Crippen LogP contribution is 2.43. The van der Waals surface area contributed by atoms with E-state index in [9.17, 15) is 4.55 Å². The molecule has 0 radical (unpaired) electrons. The molecule has 1 aliphatic rings. The van der Waals surface area contributed by atoms with E-state index in [1.54, 1.807) is 37.1 Å². The molecule has 2 atom stereocenters. The van der Waals surface area contributed by atoms with Gasteiger partial charge in [0.1, 0.15) is 12.1 Å². The molecule has 2 unspecified atom stereocenters. The van der Waals surface area contributed by atoms with Crippen LogP contribution in [-0.4, -0.2) is 46.0 Å². The molecular formula is C13H16N4O2S2. The van der Waals surface area contributed by atoms with Gasteiger partial charge in [0.25, 0.3) is 0 Å². The van der Waals surface area contributed by atoms with Crippen LogP contribution in [0.3, 0.4) is 0 Å². The van der Waals surface area contributed by atoms with Crippen LogP contribution in [0, 0.1) is 0 Å². The lowest BCUT2D eigenvalue weighted by Crippen LogP contribution is -2.32. The fourth-order valence-corrected chi connectivity index (χ4v) is 3.65. The average Bonchev–Trinajstić information content (AvgIpc) is 3.06.